The molecule has 0 radical (unpaired) electrons. The van der Waals surface area contributed by atoms with Crippen LogP contribution in [0, 0.1) is 13.8 Å². The Morgan fingerprint density at radius 1 is 0.758 bits per heavy atom. The van der Waals surface area contributed by atoms with Crippen LogP contribution in [0.25, 0.3) is 64.5 Å². The topological polar surface area (TPSA) is 70.2 Å². The normalized spacial score (nSPS) is 11.9. The van der Waals surface area contributed by atoms with Crippen molar-refractivity contribution < 1.29 is 0 Å². The molecule has 0 unspecified atom stereocenters. The number of aryl methyl sites for hydroxylation is 2. The first kappa shape index (κ1) is 18.5. The zero-order valence-electron chi connectivity index (χ0n) is 18.1. The minimum atomic E-state index is 0.915. The number of thiophene rings is 1. The van der Waals surface area contributed by atoms with Crippen molar-refractivity contribution in [1.29, 1.82) is 0 Å². The van der Waals surface area contributed by atoms with Crippen molar-refractivity contribution in [3.8, 4) is 21.7 Å². The molecule has 0 saturated carbocycles. The first-order valence-electron chi connectivity index (χ1n) is 10.9. The minimum Gasteiger partial charge on any atom is -0.342 e. The molecule has 0 atom stereocenters. The van der Waals surface area contributed by atoms with E-state index in [1.165, 1.54) is 26.1 Å². The Bertz CT molecular complexity index is 1850. The lowest BCUT2D eigenvalue weighted by Gasteiger charge is -2.08. The molecule has 3 aromatic carbocycles. The van der Waals surface area contributed by atoms with Gasteiger partial charge >= 0.3 is 0 Å². The molecule has 7 aromatic rings. The summed E-state index contributed by atoms with van der Waals surface area (Å²) in [4.78, 5) is 21.8. The number of aromatic nitrogens is 5. The molecular formula is C27H19N5S. The predicted molar refractivity (Wildman–Crippen MR) is 137 cm³/mol. The smallest absolute Gasteiger partial charge is 0.104 e. The van der Waals surface area contributed by atoms with E-state index < -0.39 is 0 Å². The summed E-state index contributed by atoms with van der Waals surface area (Å²) in [5, 5.41) is 4.61. The van der Waals surface area contributed by atoms with Gasteiger partial charge in [0.1, 0.15) is 11.6 Å². The molecule has 4 aromatic heterocycles. The van der Waals surface area contributed by atoms with E-state index in [9.17, 15) is 0 Å². The number of nitrogens with one attached hydrogen (secondary N) is 2. The summed E-state index contributed by atoms with van der Waals surface area (Å²) in [6.45, 7) is 3.98. The number of nitrogens with zero attached hydrogens (tertiary/aromatic N) is 3. The van der Waals surface area contributed by atoms with Crippen LogP contribution in [-0.2, 0) is 0 Å². The van der Waals surface area contributed by atoms with Crippen LogP contribution in [0.1, 0.15) is 11.6 Å². The van der Waals surface area contributed by atoms with Gasteiger partial charge in [-0.25, -0.2) is 9.97 Å². The fraction of sp³-hybridized carbons (Fsp3) is 0.0741. The number of imidazole rings is 2. The molecule has 5 nitrogen and oxygen atoms in total. The second-order valence-electron chi connectivity index (χ2n) is 8.45. The van der Waals surface area contributed by atoms with Gasteiger partial charge in [0.2, 0.25) is 0 Å². The molecule has 0 saturated heterocycles. The van der Waals surface area contributed by atoms with Crippen LogP contribution < -0.4 is 0 Å². The number of hydrogen-bond donors (Lipinski definition) is 2. The molecule has 0 aliphatic rings. The molecule has 0 spiro atoms. The molecule has 4 heterocycles. The number of H-pyrrole nitrogens is 2. The van der Waals surface area contributed by atoms with Crippen molar-refractivity contribution in [2.45, 2.75) is 13.8 Å². The molecule has 0 bridgehead atoms. The van der Waals surface area contributed by atoms with Crippen LogP contribution in [0.5, 0.6) is 0 Å². The van der Waals surface area contributed by atoms with Gasteiger partial charge in [0.25, 0.3) is 0 Å². The quantitative estimate of drug-likeness (QED) is 0.278. The van der Waals surface area contributed by atoms with E-state index in [0.717, 1.165) is 50.1 Å². The number of aromatic amines is 2. The fourth-order valence-electron chi connectivity index (χ4n) is 4.72. The number of pyridine rings is 1. The summed E-state index contributed by atoms with van der Waals surface area (Å²) in [7, 11) is 0. The summed E-state index contributed by atoms with van der Waals surface area (Å²) in [5.74, 6) is 1.85. The number of rotatable bonds is 2. The Balaban J connectivity index is 1.43. The summed E-state index contributed by atoms with van der Waals surface area (Å²) < 4.78 is 1.26. The van der Waals surface area contributed by atoms with E-state index in [4.69, 9.17) is 9.97 Å². The molecule has 6 heteroatoms. The van der Waals surface area contributed by atoms with Crippen molar-refractivity contribution >= 4 is 54.1 Å². The van der Waals surface area contributed by atoms with Crippen molar-refractivity contribution in [2.24, 2.45) is 0 Å². The van der Waals surface area contributed by atoms with Gasteiger partial charge in [0.15, 0.2) is 0 Å². The van der Waals surface area contributed by atoms with Crippen LogP contribution in [0.2, 0.25) is 0 Å². The number of benzene rings is 3. The van der Waals surface area contributed by atoms with Gasteiger partial charge in [-0.2, -0.15) is 0 Å². The molecule has 158 valence electrons. The highest BCUT2D eigenvalue weighted by molar-refractivity contribution is 7.22. The number of fused-ring (bicyclic) bond motifs is 7. The molecule has 7 rings (SSSR count). The van der Waals surface area contributed by atoms with Crippen LogP contribution in [0.15, 0.2) is 67.0 Å². The average molecular weight is 446 g/mol. The zero-order valence-corrected chi connectivity index (χ0v) is 18.9. The van der Waals surface area contributed by atoms with Gasteiger partial charge in [-0.1, -0.05) is 24.3 Å². The van der Waals surface area contributed by atoms with Crippen LogP contribution in [-0.4, -0.2) is 24.9 Å². The van der Waals surface area contributed by atoms with Gasteiger partial charge in [-0.3, -0.25) is 4.98 Å². The van der Waals surface area contributed by atoms with E-state index >= 15 is 0 Å². The molecular weight excluding hydrogens is 426 g/mol. The lowest BCUT2D eigenvalue weighted by molar-refractivity contribution is 1.15. The van der Waals surface area contributed by atoms with Crippen molar-refractivity contribution in [3.05, 3.63) is 78.6 Å². The van der Waals surface area contributed by atoms with Gasteiger partial charge < -0.3 is 9.97 Å². The summed E-state index contributed by atoms with van der Waals surface area (Å²) in [5.41, 5.74) is 6.49. The third-order valence-electron chi connectivity index (χ3n) is 6.25. The minimum absolute atomic E-state index is 0.915. The highest BCUT2D eigenvalue weighted by Crippen LogP contribution is 2.38. The van der Waals surface area contributed by atoms with Crippen LogP contribution in [0.3, 0.4) is 0 Å². The van der Waals surface area contributed by atoms with Gasteiger partial charge in [0.05, 0.1) is 33.3 Å². The van der Waals surface area contributed by atoms with E-state index in [-0.39, 0.29) is 0 Å². The molecule has 0 aliphatic carbocycles. The van der Waals surface area contributed by atoms with Gasteiger partial charge in [-0.05, 0) is 60.7 Å². The van der Waals surface area contributed by atoms with Crippen LogP contribution in [0.4, 0.5) is 0 Å². The fourth-order valence-corrected chi connectivity index (χ4v) is 5.79. The average Bonchev–Trinajstić information content (AvgIpc) is 3.56. The maximum Gasteiger partial charge on any atom is 0.104 e. The lowest BCUT2D eigenvalue weighted by Crippen LogP contribution is -1.86. The third-order valence-corrected chi connectivity index (χ3v) is 7.38. The van der Waals surface area contributed by atoms with Gasteiger partial charge in [-0.15, -0.1) is 11.3 Å². The standard InChI is InChI=1S/C27H19N5S/c1-14-29-13-22(30-14)24-12-18-6-5-17(11-23(18)33-24)16-7-8-19-21(10-16)25-20(4-3-9-28-25)27-26(19)31-15(2)32-27/h3-13H,1-2H3,(H,29,30)(H,31,32). The van der Waals surface area contributed by atoms with Crippen molar-refractivity contribution in [1.82, 2.24) is 24.9 Å². The summed E-state index contributed by atoms with van der Waals surface area (Å²) in [6.07, 6.45) is 3.76. The Labute approximate surface area is 193 Å². The van der Waals surface area contributed by atoms with E-state index in [0.29, 0.717) is 0 Å². The SMILES string of the molecule is Cc1ncc(-c2cc3ccc(-c4ccc5c(c4)c4ncccc4c4nc(C)[nH]c54)cc3s2)[nH]1. The van der Waals surface area contributed by atoms with Crippen LogP contribution >= 0.6 is 11.3 Å². The van der Waals surface area contributed by atoms with E-state index in [2.05, 4.69) is 63.5 Å². The summed E-state index contributed by atoms with van der Waals surface area (Å²) in [6, 6.07) is 19.6. The van der Waals surface area contributed by atoms with E-state index in [1.54, 1.807) is 11.3 Å². The lowest BCUT2D eigenvalue weighted by atomic mass is 9.98. The maximum absolute atomic E-state index is 4.73. The molecule has 33 heavy (non-hydrogen) atoms. The van der Waals surface area contributed by atoms with Crippen molar-refractivity contribution in [2.75, 3.05) is 0 Å². The molecule has 0 amide bonds. The Hall–Kier alpha value is -4.03. The predicted octanol–water partition coefficient (Wildman–Crippen LogP) is 7.15. The highest BCUT2D eigenvalue weighted by atomic mass is 32.1. The second-order valence-corrected chi connectivity index (χ2v) is 9.54. The molecule has 0 fully saturated rings. The Kier molecular flexibility index (Phi) is 3.78. The Morgan fingerprint density at radius 3 is 2.52 bits per heavy atom. The summed E-state index contributed by atoms with van der Waals surface area (Å²) >= 11 is 1.79. The van der Waals surface area contributed by atoms with Gasteiger partial charge in [0, 0.05) is 27.1 Å². The third kappa shape index (κ3) is 2.81. The first-order valence-corrected chi connectivity index (χ1v) is 11.7. The van der Waals surface area contributed by atoms with Crippen molar-refractivity contribution in [3.63, 3.8) is 0 Å². The van der Waals surface area contributed by atoms with E-state index in [1.807, 2.05) is 32.3 Å². The second kappa shape index (κ2) is 6.73. The first-order chi connectivity index (χ1) is 16.1. The highest BCUT2D eigenvalue weighted by Gasteiger charge is 2.14. The molecule has 0 aliphatic heterocycles. The molecule has 2 N–H and O–H groups in total. The number of hydrogen-bond acceptors (Lipinski definition) is 4. The maximum atomic E-state index is 4.73. The largest absolute Gasteiger partial charge is 0.342 e. The monoisotopic (exact) mass is 445 g/mol. The Morgan fingerprint density at radius 2 is 1.64 bits per heavy atom. The zero-order chi connectivity index (χ0) is 22.1.